The van der Waals surface area contributed by atoms with Gasteiger partial charge in [-0.1, -0.05) is 0 Å². The second kappa shape index (κ2) is 5.73. The molecule has 7 nitrogen and oxygen atoms in total. The first-order valence-electron chi connectivity index (χ1n) is 5.89. The maximum Gasteiger partial charge on any atom is 0.326 e. The molecule has 1 aliphatic heterocycles. The average Bonchev–Trinajstić information content (AvgIpc) is 2.87. The van der Waals surface area contributed by atoms with Crippen molar-refractivity contribution in [1.29, 1.82) is 0 Å². The normalized spacial score (nSPS) is 18.1. The molecule has 1 aromatic carbocycles. The Bertz CT molecular complexity index is 589. The van der Waals surface area contributed by atoms with Crippen LogP contribution in [-0.2, 0) is 4.79 Å². The summed E-state index contributed by atoms with van der Waals surface area (Å²) in [6, 6.07) is 3.15. The lowest BCUT2D eigenvalue weighted by Gasteiger charge is -2.21. The third-order valence-electron chi connectivity index (χ3n) is 3.19. The number of nitro benzene ring substituents is 1. The maximum absolute atomic E-state index is 12.4. The Kier molecular flexibility index (Phi) is 4.21. The number of halogens is 1. The van der Waals surface area contributed by atoms with Crippen LogP contribution in [0.4, 0.5) is 5.69 Å². The zero-order valence-corrected chi connectivity index (χ0v) is 12.4. The molecular formula is C12H11IN2O5. The lowest BCUT2D eigenvalue weighted by atomic mass is 10.1. The minimum absolute atomic E-state index is 0.174. The van der Waals surface area contributed by atoms with Crippen LogP contribution in [0.15, 0.2) is 18.2 Å². The van der Waals surface area contributed by atoms with Gasteiger partial charge in [-0.2, -0.15) is 0 Å². The minimum atomic E-state index is -1.05. The number of aliphatic carboxylic acids is 1. The van der Waals surface area contributed by atoms with Gasteiger partial charge in [0, 0.05) is 22.2 Å². The number of carboxylic acids is 1. The van der Waals surface area contributed by atoms with Gasteiger partial charge in [-0.15, -0.1) is 0 Å². The zero-order valence-electron chi connectivity index (χ0n) is 10.3. The number of non-ortho nitro benzene ring substituents is 1. The second-order valence-electron chi connectivity index (χ2n) is 4.42. The molecular weight excluding hydrogens is 379 g/mol. The van der Waals surface area contributed by atoms with E-state index in [0.29, 0.717) is 23.0 Å². The molecule has 0 aliphatic carbocycles. The van der Waals surface area contributed by atoms with Crippen LogP contribution in [0.5, 0.6) is 0 Å². The van der Waals surface area contributed by atoms with Gasteiger partial charge in [-0.3, -0.25) is 14.9 Å². The number of rotatable bonds is 3. The standard InChI is InChI=1S/C12H11IN2O5/c13-9-4-3-7(15(19)20)6-8(9)11(16)14-5-1-2-10(14)12(17)18/h3-4,6,10H,1-2,5H2,(H,17,18)/t10-/m1/s1. The molecule has 1 heterocycles. The summed E-state index contributed by atoms with van der Waals surface area (Å²) in [7, 11) is 0. The molecule has 20 heavy (non-hydrogen) atoms. The number of benzene rings is 1. The monoisotopic (exact) mass is 390 g/mol. The van der Waals surface area contributed by atoms with Gasteiger partial charge in [0.25, 0.3) is 11.6 Å². The van der Waals surface area contributed by atoms with Crippen molar-refractivity contribution in [2.45, 2.75) is 18.9 Å². The Morgan fingerprint density at radius 2 is 2.15 bits per heavy atom. The highest BCUT2D eigenvalue weighted by Gasteiger charge is 2.35. The Balaban J connectivity index is 2.35. The van der Waals surface area contributed by atoms with E-state index in [0.717, 1.165) is 0 Å². The van der Waals surface area contributed by atoms with Gasteiger partial charge in [-0.05, 0) is 41.5 Å². The van der Waals surface area contributed by atoms with Crippen LogP contribution in [-0.4, -0.2) is 39.4 Å². The van der Waals surface area contributed by atoms with Crippen molar-refractivity contribution < 1.29 is 19.6 Å². The molecule has 106 valence electrons. The van der Waals surface area contributed by atoms with Crippen LogP contribution in [0.3, 0.4) is 0 Å². The van der Waals surface area contributed by atoms with Crippen molar-refractivity contribution in [3.05, 3.63) is 37.4 Å². The summed E-state index contributed by atoms with van der Waals surface area (Å²) in [5.74, 6) is -1.51. The van der Waals surface area contributed by atoms with Crippen LogP contribution in [0, 0.1) is 13.7 Å². The molecule has 2 rings (SSSR count). The first kappa shape index (κ1) is 14.7. The molecule has 0 unspecified atom stereocenters. The summed E-state index contributed by atoms with van der Waals surface area (Å²) in [6.07, 6.45) is 1.03. The van der Waals surface area contributed by atoms with E-state index in [1.54, 1.807) is 0 Å². The minimum Gasteiger partial charge on any atom is -0.480 e. The Hall–Kier alpha value is -1.71. The predicted molar refractivity (Wildman–Crippen MR) is 77.5 cm³/mol. The van der Waals surface area contributed by atoms with Gasteiger partial charge >= 0.3 is 5.97 Å². The molecule has 1 fully saturated rings. The molecule has 1 atom stereocenters. The van der Waals surface area contributed by atoms with E-state index >= 15 is 0 Å². The van der Waals surface area contributed by atoms with Crippen molar-refractivity contribution >= 4 is 40.2 Å². The van der Waals surface area contributed by atoms with Crippen LogP contribution in [0.1, 0.15) is 23.2 Å². The lowest BCUT2D eigenvalue weighted by Crippen LogP contribution is -2.40. The number of amides is 1. The summed E-state index contributed by atoms with van der Waals surface area (Å²) in [5, 5.41) is 19.9. The van der Waals surface area contributed by atoms with Gasteiger partial charge in [0.15, 0.2) is 0 Å². The fourth-order valence-electron chi connectivity index (χ4n) is 2.21. The maximum atomic E-state index is 12.4. The van der Waals surface area contributed by atoms with E-state index in [9.17, 15) is 19.7 Å². The van der Waals surface area contributed by atoms with E-state index < -0.39 is 22.8 Å². The Labute approximate surface area is 127 Å². The number of likely N-dealkylation sites (tertiary alicyclic amines) is 1. The molecule has 1 aromatic rings. The number of carbonyl (C=O) groups is 2. The average molecular weight is 390 g/mol. The van der Waals surface area contributed by atoms with E-state index in [-0.39, 0.29) is 11.3 Å². The summed E-state index contributed by atoms with van der Waals surface area (Å²) in [5.41, 5.74) is -0.00668. The van der Waals surface area contributed by atoms with Gasteiger partial charge in [0.2, 0.25) is 0 Å². The lowest BCUT2D eigenvalue weighted by molar-refractivity contribution is -0.384. The Morgan fingerprint density at radius 1 is 1.45 bits per heavy atom. The molecule has 0 bridgehead atoms. The molecule has 0 radical (unpaired) electrons. The first-order chi connectivity index (χ1) is 9.41. The third-order valence-corrected chi connectivity index (χ3v) is 4.13. The summed E-state index contributed by atoms with van der Waals surface area (Å²) in [4.78, 5) is 35.0. The summed E-state index contributed by atoms with van der Waals surface area (Å²) in [6.45, 7) is 0.356. The highest BCUT2D eigenvalue weighted by molar-refractivity contribution is 14.1. The van der Waals surface area contributed by atoms with E-state index in [2.05, 4.69) is 0 Å². The van der Waals surface area contributed by atoms with E-state index in [1.165, 1.54) is 23.1 Å². The molecule has 1 N–H and O–H groups in total. The van der Waals surface area contributed by atoms with E-state index in [1.807, 2.05) is 22.6 Å². The largest absolute Gasteiger partial charge is 0.480 e. The van der Waals surface area contributed by atoms with Crippen molar-refractivity contribution in [1.82, 2.24) is 4.90 Å². The third kappa shape index (κ3) is 2.74. The fourth-order valence-corrected chi connectivity index (χ4v) is 2.78. The zero-order chi connectivity index (χ0) is 14.9. The number of nitro groups is 1. The van der Waals surface area contributed by atoms with Crippen LogP contribution >= 0.6 is 22.6 Å². The number of nitrogens with zero attached hydrogens (tertiary/aromatic N) is 2. The van der Waals surface area contributed by atoms with E-state index in [4.69, 9.17) is 5.11 Å². The van der Waals surface area contributed by atoms with Gasteiger partial charge in [-0.25, -0.2) is 4.79 Å². The summed E-state index contributed by atoms with van der Waals surface area (Å²) >= 11 is 1.91. The molecule has 1 amide bonds. The number of carbonyl (C=O) groups excluding carboxylic acids is 1. The quantitative estimate of drug-likeness (QED) is 0.483. The van der Waals surface area contributed by atoms with Gasteiger partial charge in [0.05, 0.1) is 10.5 Å². The van der Waals surface area contributed by atoms with Gasteiger partial charge in [0.1, 0.15) is 6.04 Å². The van der Waals surface area contributed by atoms with Crippen molar-refractivity contribution in [2.24, 2.45) is 0 Å². The predicted octanol–water partition coefficient (Wildman–Crippen LogP) is 1.89. The summed E-state index contributed by atoms with van der Waals surface area (Å²) < 4.78 is 0.564. The van der Waals surface area contributed by atoms with Gasteiger partial charge < -0.3 is 10.0 Å². The molecule has 0 saturated carbocycles. The number of carboxylic acid groups (broad SMARTS) is 1. The smallest absolute Gasteiger partial charge is 0.326 e. The molecule has 8 heteroatoms. The van der Waals surface area contributed by atoms with Crippen molar-refractivity contribution in [3.63, 3.8) is 0 Å². The van der Waals surface area contributed by atoms with Crippen LogP contribution < -0.4 is 0 Å². The highest BCUT2D eigenvalue weighted by Crippen LogP contribution is 2.25. The van der Waals surface area contributed by atoms with Crippen LogP contribution in [0.25, 0.3) is 0 Å². The van der Waals surface area contributed by atoms with Crippen LogP contribution in [0.2, 0.25) is 0 Å². The highest BCUT2D eigenvalue weighted by atomic mass is 127. The first-order valence-corrected chi connectivity index (χ1v) is 6.97. The number of hydrogen-bond donors (Lipinski definition) is 1. The molecule has 0 aromatic heterocycles. The Morgan fingerprint density at radius 3 is 2.75 bits per heavy atom. The number of hydrogen-bond acceptors (Lipinski definition) is 4. The topological polar surface area (TPSA) is 101 Å². The van der Waals surface area contributed by atoms with Crippen molar-refractivity contribution in [3.8, 4) is 0 Å². The molecule has 0 spiro atoms. The SMILES string of the molecule is O=C(O)[C@H]1CCCN1C(=O)c1cc([N+](=O)[O-])ccc1I. The molecule has 1 saturated heterocycles. The fraction of sp³-hybridized carbons (Fsp3) is 0.333. The second-order valence-corrected chi connectivity index (χ2v) is 5.58. The molecule has 1 aliphatic rings. The van der Waals surface area contributed by atoms with Crippen molar-refractivity contribution in [2.75, 3.05) is 6.54 Å².